The molecule has 0 aliphatic carbocycles. The Kier molecular flexibility index (Phi) is 4.84. The van der Waals surface area contributed by atoms with Crippen LogP contribution in [0.4, 0.5) is 5.69 Å². The van der Waals surface area contributed by atoms with E-state index in [-0.39, 0.29) is 11.6 Å². The lowest BCUT2D eigenvalue weighted by atomic mass is 10.1. The van der Waals surface area contributed by atoms with Gasteiger partial charge in [-0.05, 0) is 31.5 Å². The molecule has 2 rings (SSSR count). The molecule has 1 aliphatic heterocycles. The molecule has 2 N–H and O–H groups in total. The standard InChI is InChI=1S/C14H17N3O3/c18-14(12-1-3-13(4-2-12)17(19)20)16-10-7-11-5-8-15-9-6-11/h1-5,15H,6-10H2,(H,16,18). The quantitative estimate of drug-likeness (QED) is 0.486. The molecule has 6 heteroatoms. The van der Waals surface area contributed by atoms with Crippen molar-refractivity contribution in [2.24, 2.45) is 0 Å². The van der Waals surface area contributed by atoms with Crippen LogP contribution in [0.2, 0.25) is 0 Å². The predicted molar refractivity (Wildman–Crippen MR) is 75.6 cm³/mol. The van der Waals surface area contributed by atoms with E-state index in [0.29, 0.717) is 12.1 Å². The van der Waals surface area contributed by atoms with E-state index in [2.05, 4.69) is 16.7 Å². The van der Waals surface area contributed by atoms with Gasteiger partial charge in [0.05, 0.1) is 4.92 Å². The maximum absolute atomic E-state index is 11.9. The molecule has 1 aromatic carbocycles. The smallest absolute Gasteiger partial charge is 0.269 e. The number of carbonyl (C=O) groups is 1. The number of nitrogens with zero attached hydrogens (tertiary/aromatic N) is 1. The van der Waals surface area contributed by atoms with E-state index in [4.69, 9.17) is 0 Å². The van der Waals surface area contributed by atoms with Crippen molar-refractivity contribution in [1.82, 2.24) is 10.6 Å². The first-order valence-corrected chi connectivity index (χ1v) is 6.58. The molecule has 0 saturated carbocycles. The Morgan fingerprint density at radius 2 is 2.10 bits per heavy atom. The number of hydrogen-bond acceptors (Lipinski definition) is 4. The van der Waals surface area contributed by atoms with Gasteiger partial charge in [0.1, 0.15) is 0 Å². The summed E-state index contributed by atoms with van der Waals surface area (Å²) >= 11 is 0. The van der Waals surface area contributed by atoms with Crippen LogP contribution in [-0.2, 0) is 0 Å². The van der Waals surface area contributed by atoms with E-state index in [1.54, 1.807) is 0 Å². The van der Waals surface area contributed by atoms with Crippen molar-refractivity contribution in [3.63, 3.8) is 0 Å². The second-order valence-electron chi connectivity index (χ2n) is 4.63. The molecule has 0 radical (unpaired) electrons. The summed E-state index contributed by atoms with van der Waals surface area (Å²) in [6.45, 7) is 2.47. The lowest BCUT2D eigenvalue weighted by Gasteiger charge is -2.14. The molecule has 0 spiro atoms. The van der Waals surface area contributed by atoms with Crippen LogP contribution in [-0.4, -0.2) is 30.5 Å². The van der Waals surface area contributed by atoms with Crippen molar-refractivity contribution in [2.75, 3.05) is 19.6 Å². The maximum Gasteiger partial charge on any atom is 0.269 e. The minimum atomic E-state index is -0.481. The Labute approximate surface area is 117 Å². The molecule has 20 heavy (non-hydrogen) atoms. The summed E-state index contributed by atoms with van der Waals surface area (Å²) in [7, 11) is 0. The van der Waals surface area contributed by atoms with E-state index in [1.807, 2.05) is 0 Å². The Hall–Kier alpha value is -2.21. The van der Waals surface area contributed by atoms with Crippen molar-refractivity contribution < 1.29 is 9.72 Å². The van der Waals surface area contributed by atoms with Crippen LogP contribution in [0, 0.1) is 10.1 Å². The van der Waals surface area contributed by atoms with E-state index >= 15 is 0 Å². The van der Waals surface area contributed by atoms with E-state index < -0.39 is 4.92 Å². The number of nitro benzene ring substituents is 1. The average molecular weight is 275 g/mol. The number of rotatable bonds is 5. The number of benzene rings is 1. The molecule has 6 nitrogen and oxygen atoms in total. The average Bonchev–Trinajstić information content (AvgIpc) is 2.48. The third-order valence-electron chi connectivity index (χ3n) is 3.23. The van der Waals surface area contributed by atoms with Crippen molar-refractivity contribution >= 4 is 11.6 Å². The fourth-order valence-electron chi connectivity index (χ4n) is 2.07. The van der Waals surface area contributed by atoms with Crippen LogP contribution in [0.25, 0.3) is 0 Å². The lowest BCUT2D eigenvalue weighted by molar-refractivity contribution is -0.384. The minimum absolute atomic E-state index is 0.0126. The SMILES string of the molecule is O=C(NCCC1=CCNCC1)c1ccc([N+](=O)[O-])cc1. The summed E-state index contributed by atoms with van der Waals surface area (Å²) in [5.74, 6) is -0.200. The Balaban J connectivity index is 1.82. The molecule has 0 atom stereocenters. The normalized spacial score (nSPS) is 14.5. The van der Waals surface area contributed by atoms with Crippen LogP contribution in [0.3, 0.4) is 0 Å². The summed E-state index contributed by atoms with van der Waals surface area (Å²) in [6.07, 6.45) is 4.02. The summed E-state index contributed by atoms with van der Waals surface area (Å²) in [4.78, 5) is 21.9. The molecule has 0 bridgehead atoms. The zero-order valence-corrected chi connectivity index (χ0v) is 11.1. The Morgan fingerprint density at radius 3 is 2.70 bits per heavy atom. The number of nitro groups is 1. The molecule has 0 saturated heterocycles. The van der Waals surface area contributed by atoms with Gasteiger partial charge >= 0.3 is 0 Å². The van der Waals surface area contributed by atoms with Gasteiger partial charge in [-0.15, -0.1) is 0 Å². The van der Waals surface area contributed by atoms with Crippen molar-refractivity contribution in [1.29, 1.82) is 0 Å². The van der Waals surface area contributed by atoms with Gasteiger partial charge in [0.2, 0.25) is 0 Å². The van der Waals surface area contributed by atoms with E-state index in [9.17, 15) is 14.9 Å². The molecule has 1 aromatic rings. The van der Waals surface area contributed by atoms with Gasteiger partial charge in [-0.3, -0.25) is 14.9 Å². The lowest BCUT2D eigenvalue weighted by Crippen LogP contribution is -2.26. The summed E-state index contributed by atoms with van der Waals surface area (Å²) in [6, 6.07) is 5.61. The van der Waals surface area contributed by atoms with E-state index in [0.717, 1.165) is 25.9 Å². The molecule has 1 heterocycles. The molecular weight excluding hydrogens is 258 g/mol. The fourth-order valence-corrected chi connectivity index (χ4v) is 2.07. The first kappa shape index (κ1) is 14.2. The zero-order chi connectivity index (χ0) is 14.4. The summed E-state index contributed by atoms with van der Waals surface area (Å²) in [5.41, 5.74) is 1.78. The van der Waals surface area contributed by atoms with Gasteiger partial charge in [0.15, 0.2) is 0 Å². The van der Waals surface area contributed by atoms with Gasteiger partial charge in [-0.1, -0.05) is 11.6 Å². The highest BCUT2D eigenvalue weighted by atomic mass is 16.6. The van der Waals surface area contributed by atoms with Crippen LogP contribution in [0.1, 0.15) is 23.2 Å². The van der Waals surface area contributed by atoms with Gasteiger partial charge in [-0.2, -0.15) is 0 Å². The molecule has 106 valence electrons. The van der Waals surface area contributed by atoms with E-state index in [1.165, 1.54) is 29.8 Å². The van der Waals surface area contributed by atoms with Crippen molar-refractivity contribution in [3.05, 3.63) is 51.6 Å². The first-order chi connectivity index (χ1) is 9.66. The van der Waals surface area contributed by atoms with Gasteiger partial charge in [0.25, 0.3) is 11.6 Å². The molecule has 0 aromatic heterocycles. The highest BCUT2D eigenvalue weighted by Gasteiger charge is 2.09. The second kappa shape index (κ2) is 6.81. The van der Waals surface area contributed by atoms with Crippen LogP contribution >= 0.6 is 0 Å². The number of nitrogens with one attached hydrogen (secondary N) is 2. The number of non-ortho nitro benzene ring substituents is 1. The maximum atomic E-state index is 11.9. The zero-order valence-electron chi connectivity index (χ0n) is 11.1. The monoisotopic (exact) mass is 275 g/mol. The molecule has 1 amide bonds. The molecule has 1 aliphatic rings. The van der Waals surface area contributed by atoms with Crippen molar-refractivity contribution in [3.8, 4) is 0 Å². The third-order valence-corrected chi connectivity index (χ3v) is 3.23. The molecule has 0 fully saturated rings. The van der Waals surface area contributed by atoms with Gasteiger partial charge in [-0.25, -0.2) is 0 Å². The number of carbonyl (C=O) groups excluding carboxylic acids is 1. The van der Waals surface area contributed by atoms with Crippen molar-refractivity contribution in [2.45, 2.75) is 12.8 Å². The predicted octanol–water partition coefficient (Wildman–Crippen LogP) is 1.63. The molecule has 0 unspecified atom stereocenters. The minimum Gasteiger partial charge on any atom is -0.352 e. The van der Waals surface area contributed by atoms with Crippen LogP contribution < -0.4 is 10.6 Å². The highest BCUT2D eigenvalue weighted by Crippen LogP contribution is 2.12. The fraction of sp³-hybridized carbons (Fsp3) is 0.357. The second-order valence-corrected chi connectivity index (χ2v) is 4.63. The summed E-state index contributed by atoms with van der Waals surface area (Å²) in [5, 5.41) is 16.6. The Bertz CT molecular complexity index is 523. The number of amides is 1. The summed E-state index contributed by atoms with van der Waals surface area (Å²) < 4.78 is 0. The molecular formula is C14H17N3O3. The van der Waals surface area contributed by atoms with Gasteiger partial charge < -0.3 is 10.6 Å². The first-order valence-electron chi connectivity index (χ1n) is 6.58. The van der Waals surface area contributed by atoms with Crippen LogP contribution in [0.15, 0.2) is 35.9 Å². The largest absolute Gasteiger partial charge is 0.352 e. The topological polar surface area (TPSA) is 84.3 Å². The number of hydrogen-bond donors (Lipinski definition) is 2. The highest BCUT2D eigenvalue weighted by molar-refractivity contribution is 5.94. The van der Waals surface area contributed by atoms with Gasteiger partial charge in [0, 0.05) is 30.8 Å². The Morgan fingerprint density at radius 1 is 1.35 bits per heavy atom. The van der Waals surface area contributed by atoms with Crippen LogP contribution in [0.5, 0.6) is 0 Å². The third kappa shape index (κ3) is 3.89.